The number of carbonyl (C=O) groups is 1. The molecule has 0 saturated heterocycles. The summed E-state index contributed by atoms with van der Waals surface area (Å²) in [4.78, 5) is 12.6. The third-order valence-electron chi connectivity index (χ3n) is 5.93. The molecule has 0 bridgehead atoms. The van der Waals surface area contributed by atoms with Gasteiger partial charge in [0.1, 0.15) is 17.1 Å². The van der Waals surface area contributed by atoms with E-state index in [1.807, 2.05) is 51.1 Å². The van der Waals surface area contributed by atoms with Crippen molar-refractivity contribution in [3.05, 3.63) is 54.3 Å². The highest BCUT2D eigenvalue weighted by Gasteiger charge is 2.18. The molecule has 1 amide bonds. The van der Waals surface area contributed by atoms with Gasteiger partial charge in [-0.3, -0.25) is 4.79 Å². The van der Waals surface area contributed by atoms with Gasteiger partial charge < -0.3 is 19.2 Å². The summed E-state index contributed by atoms with van der Waals surface area (Å²) in [6.07, 6.45) is 7.95. The average Bonchev–Trinajstić information content (AvgIpc) is 3.43. The lowest BCUT2D eigenvalue weighted by molar-refractivity contribution is -0.117. The fraction of sp³-hybridized carbons (Fsp3) is 0.370. The van der Waals surface area contributed by atoms with E-state index in [2.05, 4.69) is 11.4 Å². The summed E-state index contributed by atoms with van der Waals surface area (Å²) in [7, 11) is 0. The molecule has 0 atom stereocenters. The van der Waals surface area contributed by atoms with Crippen LogP contribution in [-0.2, 0) is 4.79 Å². The van der Waals surface area contributed by atoms with Gasteiger partial charge in [-0.1, -0.05) is 25.0 Å². The lowest BCUT2D eigenvalue weighted by atomic mass is 9.99. The minimum absolute atomic E-state index is 0.0455. The number of hydrogen-bond acceptors (Lipinski definition) is 4. The zero-order valence-corrected chi connectivity index (χ0v) is 19.1. The van der Waals surface area contributed by atoms with E-state index in [4.69, 9.17) is 13.9 Å². The normalized spacial score (nSPS) is 14.7. The standard InChI is InChI=1S/C27H31NO4/c1-4-30-21-12-10-19(11-13-21)24-17-32-26-16-25(31-5-2)22(15-23(24)26)18(3)14-27(29)28-20-8-6-7-9-20/h10-17,20H,4-9H2,1-3H3,(H,28,29)/b18-14+. The number of hydrogen-bond donors (Lipinski definition) is 1. The van der Waals surface area contributed by atoms with Crippen LogP contribution in [0, 0.1) is 0 Å². The summed E-state index contributed by atoms with van der Waals surface area (Å²) in [6, 6.07) is 12.3. The largest absolute Gasteiger partial charge is 0.494 e. The van der Waals surface area contributed by atoms with Crippen molar-refractivity contribution in [1.29, 1.82) is 0 Å². The first-order valence-electron chi connectivity index (χ1n) is 11.5. The zero-order valence-electron chi connectivity index (χ0n) is 19.1. The molecule has 1 N–H and O–H groups in total. The van der Waals surface area contributed by atoms with Crippen molar-refractivity contribution in [1.82, 2.24) is 5.32 Å². The van der Waals surface area contributed by atoms with Crippen LogP contribution >= 0.6 is 0 Å². The second kappa shape index (κ2) is 9.94. The predicted octanol–water partition coefficient (Wildman–Crippen LogP) is 6.36. The van der Waals surface area contributed by atoms with Gasteiger partial charge in [0, 0.05) is 34.7 Å². The number of nitrogens with one attached hydrogen (secondary N) is 1. The van der Waals surface area contributed by atoms with Crippen molar-refractivity contribution in [3.63, 3.8) is 0 Å². The first kappa shape index (κ1) is 22.0. The first-order chi connectivity index (χ1) is 15.6. The van der Waals surface area contributed by atoms with Crippen LogP contribution in [-0.4, -0.2) is 25.2 Å². The van der Waals surface area contributed by atoms with Gasteiger partial charge in [-0.25, -0.2) is 0 Å². The summed E-state index contributed by atoms with van der Waals surface area (Å²) >= 11 is 0. The van der Waals surface area contributed by atoms with E-state index < -0.39 is 0 Å². The van der Waals surface area contributed by atoms with Crippen LogP contribution in [0.25, 0.3) is 27.7 Å². The van der Waals surface area contributed by atoms with Crippen molar-refractivity contribution < 1.29 is 18.7 Å². The number of carbonyl (C=O) groups excluding carboxylic acids is 1. The van der Waals surface area contributed by atoms with Crippen LogP contribution in [0.15, 0.2) is 53.2 Å². The van der Waals surface area contributed by atoms with Gasteiger partial charge in [-0.05, 0) is 62.9 Å². The topological polar surface area (TPSA) is 60.7 Å². The highest BCUT2D eigenvalue weighted by molar-refractivity contribution is 6.00. The van der Waals surface area contributed by atoms with Crippen LogP contribution in [0.2, 0.25) is 0 Å². The molecule has 1 saturated carbocycles. The number of benzene rings is 2. The Kier molecular flexibility index (Phi) is 6.84. The highest BCUT2D eigenvalue weighted by Crippen LogP contribution is 2.38. The second-order valence-electron chi connectivity index (χ2n) is 8.20. The van der Waals surface area contributed by atoms with E-state index in [9.17, 15) is 4.79 Å². The smallest absolute Gasteiger partial charge is 0.244 e. The fourth-order valence-electron chi connectivity index (χ4n) is 4.35. The number of allylic oxidation sites excluding steroid dienone is 1. The van der Waals surface area contributed by atoms with Crippen molar-refractivity contribution >= 4 is 22.4 Å². The maximum atomic E-state index is 12.6. The van der Waals surface area contributed by atoms with Gasteiger partial charge in [0.2, 0.25) is 5.91 Å². The molecule has 0 aliphatic heterocycles. The van der Waals surface area contributed by atoms with E-state index in [1.165, 1.54) is 12.8 Å². The summed E-state index contributed by atoms with van der Waals surface area (Å²) in [6.45, 7) is 7.05. The Morgan fingerprint density at radius 1 is 1.09 bits per heavy atom. The molecular weight excluding hydrogens is 402 g/mol. The van der Waals surface area contributed by atoms with Gasteiger partial charge in [0.05, 0.1) is 19.5 Å². The van der Waals surface area contributed by atoms with Gasteiger partial charge in [-0.2, -0.15) is 0 Å². The Bertz CT molecular complexity index is 1100. The van der Waals surface area contributed by atoms with Crippen LogP contribution in [0.1, 0.15) is 52.0 Å². The Balaban J connectivity index is 1.68. The molecule has 1 aliphatic carbocycles. The molecule has 5 nitrogen and oxygen atoms in total. The molecular formula is C27H31NO4. The molecule has 3 aromatic rings. The van der Waals surface area contributed by atoms with Crippen LogP contribution < -0.4 is 14.8 Å². The molecule has 0 spiro atoms. The minimum atomic E-state index is -0.0455. The maximum absolute atomic E-state index is 12.6. The molecule has 1 heterocycles. The molecule has 0 unspecified atom stereocenters. The van der Waals surface area contributed by atoms with Gasteiger partial charge in [-0.15, -0.1) is 0 Å². The Morgan fingerprint density at radius 2 is 1.81 bits per heavy atom. The Labute approximate surface area is 189 Å². The molecule has 5 heteroatoms. The number of rotatable bonds is 8. The van der Waals surface area contributed by atoms with Crippen LogP contribution in [0.3, 0.4) is 0 Å². The quantitative estimate of drug-likeness (QED) is 0.420. The maximum Gasteiger partial charge on any atom is 0.244 e. The van der Waals surface area contributed by atoms with E-state index >= 15 is 0 Å². The second-order valence-corrected chi connectivity index (χ2v) is 8.20. The molecule has 1 aliphatic rings. The summed E-state index contributed by atoms with van der Waals surface area (Å²) in [5, 5.41) is 4.11. The lowest BCUT2D eigenvalue weighted by Gasteiger charge is -2.13. The number of furan rings is 1. The predicted molar refractivity (Wildman–Crippen MR) is 128 cm³/mol. The molecule has 32 heavy (non-hydrogen) atoms. The van der Waals surface area contributed by atoms with Crippen molar-refractivity contribution in [2.24, 2.45) is 0 Å². The van der Waals surface area contributed by atoms with Crippen molar-refractivity contribution in [2.75, 3.05) is 13.2 Å². The molecule has 0 radical (unpaired) electrons. The number of amides is 1. The molecule has 1 aromatic heterocycles. The van der Waals surface area contributed by atoms with Crippen molar-refractivity contribution in [3.8, 4) is 22.6 Å². The van der Waals surface area contributed by atoms with Gasteiger partial charge in [0.15, 0.2) is 0 Å². The van der Waals surface area contributed by atoms with E-state index in [-0.39, 0.29) is 5.91 Å². The lowest BCUT2D eigenvalue weighted by Crippen LogP contribution is -2.31. The number of fused-ring (bicyclic) bond motifs is 1. The molecule has 2 aromatic carbocycles. The molecule has 4 rings (SSSR count). The third kappa shape index (κ3) is 4.82. The fourth-order valence-corrected chi connectivity index (χ4v) is 4.35. The highest BCUT2D eigenvalue weighted by atomic mass is 16.5. The van der Waals surface area contributed by atoms with Crippen LogP contribution in [0.4, 0.5) is 0 Å². The zero-order chi connectivity index (χ0) is 22.5. The van der Waals surface area contributed by atoms with E-state index in [0.29, 0.717) is 19.3 Å². The number of ether oxygens (including phenoxy) is 2. The monoisotopic (exact) mass is 433 g/mol. The molecule has 1 fully saturated rings. The van der Waals surface area contributed by atoms with Gasteiger partial charge in [0.25, 0.3) is 0 Å². The SMILES string of the molecule is CCOc1ccc(-c2coc3cc(OCC)c(/C(C)=C/C(=O)NC4CCCC4)cc23)cc1. The van der Waals surface area contributed by atoms with E-state index in [1.54, 1.807) is 12.3 Å². The Hall–Kier alpha value is -3.21. The van der Waals surface area contributed by atoms with E-state index in [0.717, 1.165) is 57.6 Å². The summed E-state index contributed by atoms with van der Waals surface area (Å²) in [5.74, 6) is 1.52. The summed E-state index contributed by atoms with van der Waals surface area (Å²) < 4.78 is 17.3. The third-order valence-corrected chi connectivity index (χ3v) is 5.93. The summed E-state index contributed by atoms with van der Waals surface area (Å²) in [5.41, 5.74) is 4.56. The minimum Gasteiger partial charge on any atom is -0.494 e. The average molecular weight is 434 g/mol. The Morgan fingerprint density at radius 3 is 2.50 bits per heavy atom. The van der Waals surface area contributed by atoms with Crippen LogP contribution in [0.5, 0.6) is 11.5 Å². The molecule has 168 valence electrons. The first-order valence-corrected chi connectivity index (χ1v) is 11.5. The van der Waals surface area contributed by atoms with Gasteiger partial charge >= 0.3 is 0 Å². The van der Waals surface area contributed by atoms with Crippen molar-refractivity contribution in [2.45, 2.75) is 52.5 Å².